The average Bonchev–Trinajstić information content (AvgIpc) is 3.49. The summed E-state index contributed by atoms with van der Waals surface area (Å²) in [4.78, 5) is 38.3. The van der Waals surface area contributed by atoms with Gasteiger partial charge < -0.3 is 24.5 Å². The Morgan fingerprint density at radius 3 is 2.44 bits per heavy atom. The highest BCUT2D eigenvalue weighted by molar-refractivity contribution is 6.51. The summed E-state index contributed by atoms with van der Waals surface area (Å²) < 4.78 is 11.2. The number of ether oxygens (including phenoxy) is 2. The average molecular weight is 555 g/mol. The lowest BCUT2D eigenvalue weighted by Gasteiger charge is -2.24. The van der Waals surface area contributed by atoms with Gasteiger partial charge in [-0.05, 0) is 66.4 Å². The predicted octanol–water partition coefficient (Wildman–Crippen LogP) is 5.61. The Labute approximate surface area is 239 Å². The molecule has 1 amide bonds. The number of nitrogens with one attached hydrogen (secondary N) is 1. The molecular weight excluding hydrogens is 520 g/mol. The molecule has 41 heavy (non-hydrogen) atoms. The molecule has 2 N–H and O–H groups in total. The Hall–Kier alpha value is -4.79. The van der Waals surface area contributed by atoms with Crippen LogP contribution in [0.1, 0.15) is 36.6 Å². The molecule has 3 aromatic carbocycles. The third kappa shape index (κ3) is 5.23. The number of carbonyl (C=O) groups is 2. The maximum absolute atomic E-state index is 13.6. The first-order valence-electron chi connectivity index (χ1n) is 13.4. The molecule has 5 rings (SSSR count). The van der Waals surface area contributed by atoms with E-state index < -0.39 is 17.7 Å². The van der Waals surface area contributed by atoms with Crippen LogP contribution in [0.5, 0.6) is 11.5 Å². The van der Waals surface area contributed by atoms with Crippen LogP contribution in [0, 0.1) is 12.8 Å². The van der Waals surface area contributed by atoms with Crippen LogP contribution in [-0.4, -0.2) is 54.6 Å². The van der Waals surface area contributed by atoms with E-state index in [1.165, 1.54) is 4.90 Å². The summed E-state index contributed by atoms with van der Waals surface area (Å²) in [6.07, 6.45) is 0. The van der Waals surface area contributed by atoms with Gasteiger partial charge in [-0.15, -0.1) is 0 Å². The number of ketones is 1. The number of Topliss-reactive ketones (excluding diaryl/α,β-unsaturated/α-hetero) is 1. The molecule has 0 bridgehead atoms. The number of imidazole rings is 1. The minimum Gasteiger partial charge on any atom is -0.507 e. The Bertz CT molecular complexity index is 1650. The van der Waals surface area contributed by atoms with E-state index in [-0.39, 0.29) is 17.3 Å². The molecule has 4 aromatic rings. The second-order valence-corrected chi connectivity index (χ2v) is 10.8. The zero-order valence-electron chi connectivity index (χ0n) is 24.1. The van der Waals surface area contributed by atoms with Crippen molar-refractivity contribution in [3.63, 3.8) is 0 Å². The lowest BCUT2D eigenvalue weighted by molar-refractivity contribution is -0.132. The Balaban J connectivity index is 1.65. The molecule has 9 heteroatoms. The summed E-state index contributed by atoms with van der Waals surface area (Å²) in [5.41, 5.74) is 4.08. The highest BCUT2D eigenvalue weighted by atomic mass is 16.5. The van der Waals surface area contributed by atoms with Crippen LogP contribution in [0.3, 0.4) is 0 Å². The fraction of sp³-hybridized carbons (Fsp3) is 0.281. The number of H-pyrrole nitrogens is 1. The zero-order valence-corrected chi connectivity index (χ0v) is 24.1. The highest BCUT2D eigenvalue weighted by Crippen LogP contribution is 2.42. The van der Waals surface area contributed by atoms with Gasteiger partial charge in [-0.3, -0.25) is 14.5 Å². The number of benzene rings is 3. The second-order valence-electron chi connectivity index (χ2n) is 10.8. The van der Waals surface area contributed by atoms with Gasteiger partial charge in [0.25, 0.3) is 5.78 Å². The molecule has 1 fully saturated rings. The van der Waals surface area contributed by atoms with E-state index in [9.17, 15) is 14.7 Å². The molecule has 212 valence electrons. The van der Waals surface area contributed by atoms with Gasteiger partial charge in [0, 0.05) is 31.4 Å². The summed E-state index contributed by atoms with van der Waals surface area (Å²) in [6.45, 7) is 6.57. The molecule has 2 heterocycles. The minimum atomic E-state index is -0.911. The molecule has 0 spiro atoms. The molecule has 1 aliphatic rings. The van der Waals surface area contributed by atoms with Crippen LogP contribution in [0.2, 0.25) is 0 Å². The lowest BCUT2D eigenvalue weighted by atomic mass is 9.94. The molecule has 1 aliphatic heterocycles. The maximum Gasteiger partial charge on any atom is 0.302 e. The minimum absolute atomic E-state index is 0.0131. The predicted molar refractivity (Wildman–Crippen MR) is 160 cm³/mol. The number of anilines is 2. The van der Waals surface area contributed by atoms with Gasteiger partial charge in [0.15, 0.2) is 0 Å². The van der Waals surface area contributed by atoms with Gasteiger partial charge in [-0.1, -0.05) is 26.0 Å². The quantitative estimate of drug-likeness (QED) is 0.166. The molecule has 0 radical (unpaired) electrons. The molecule has 1 aromatic heterocycles. The first-order chi connectivity index (χ1) is 19.6. The van der Waals surface area contributed by atoms with Gasteiger partial charge in [0.1, 0.15) is 17.3 Å². The van der Waals surface area contributed by atoms with E-state index in [1.807, 2.05) is 50.2 Å². The zero-order chi connectivity index (χ0) is 29.4. The normalized spacial score (nSPS) is 16.6. The number of aliphatic hydroxyl groups excluding tert-OH is 1. The van der Waals surface area contributed by atoms with Crippen LogP contribution in [0.15, 0.2) is 66.2 Å². The number of rotatable bonds is 8. The van der Waals surface area contributed by atoms with Gasteiger partial charge in [-0.25, -0.2) is 4.98 Å². The van der Waals surface area contributed by atoms with E-state index in [4.69, 9.17) is 9.47 Å². The Morgan fingerprint density at radius 1 is 1.07 bits per heavy atom. The third-order valence-corrected chi connectivity index (χ3v) is 7.09. The van der Waals surface area contributed by atoms with Crippen molar-refractivity contribution in [3.8, 4) is 11.5 Å². The standard InChI is InChI=1S/C32H34N4O5/c1-18(2)17-41-26-14-9-21(15-19(26)3)29(37)27-28(20-7-10-22(11-8-20)35(4)5)36(31(39)30(27)38)32-33-24-13-12-23(40-6)16-25(24)34-32/h7-16,18,28,37H,17H2,1-6H3,(H,33,34)/b29-27+. The van der Waals surface area contributed by atoms with E-state index in [0.29, 0.717) is 46.2 Å². The van der Waals surface area contributed by atoms with Gasteiger partial charge in [0.2, 0.25) is 5.95 Å². The fourth-order valence-corrected chi connectivity index (χ4v) is 4.91. The fourth-order valence-electron chi connectivity index (χ4n) is 4.91. The van der Waals surface area contributed by atoms with Crippen molar-refractivity contribution in [2.24, 2.45) is 5.92 Å². The maximum atomic E-state index is 13.6. The lowest BCUT2D eigenvalue weighted by Crippen LogP contribution is -2.30. The molecule has 0 aliphatic carbocycles. The number of amides is 1. The van der Waals surface area contributed by atoms with Crippen molar-refractivity contribution in [3.05, 3.63) is 82.9 Å². The van der Waals surface area contributed by atoms with Crippen molar-refractivity contribution >= 4 is 40.1 Å². The van der Waals surface area contributed by atoms with Crippen LogP contribution in [0.25, 0.3) is 16.8 Å². The number of hydrogen-bond acceptors (Lipinski definition) is 7. The molecular formula is C32H34N4O5. The van der Waals surface area contributed by atoms with E-state index >= 15 is 0 Å². The number of aryl methyl sites for hydroxylation is 1. The number of hydrogen-bond donors (Lipinski definition) is 2. The summed E-state index contributed by atoms with van der Waals surface area (Å²) in [5, 5.41) is 11.6. The largest absolute Gasteiger partial charge is 0.507 e. The van der Waals surface area contributed by atoms with Crippen LogP contribution in [-0.2, 0) is 9.59 Å². The number of methoxy groups -OCH3 is 1. The van der Waals surface area contributed by atoms with Gasteiger partial charge in [0.05, 0.1) is 36.4 Å². The van der Waals surface area contributed by atoms with Crippen molar-refractivity contribution in [2.45, 2.75) is 26.8 Å². The Morgan fingerprint density at radius 2 is 1.80 bits per heavy atom. The molecule has 1 saturated heterocycles. The monoisotopic (exact) mass is 554 g/mol. The van der Waals surface area contributed by atoms with E-state index in [1.54, 1.807) is 43.5 Å². The number of aromatic amines is 1. The number of nitrogens with zero attached hydrogens (tertiary/aromatic N) is 3. The third-order valence-electron chi connectivity index (χ3n) is 7.09. The van der Waals surface area contributed by atoms with Gasteiger partial charge >= 0.3 is 5.91 Å². The first-order valence-corrected chi connectivity index (χ1v) is 13.4. The van der Waals surface area contributed by atoms with Crippen molar-refractivity contribution in [1.82, 2.24) is 9.97 Å². The van der Waals surface area contributed by atoms with Crippen LogP contribution in [0.4, 0.5) is 11.6 Å². The number of carbonyl (C=O) groups excluding carboxylic acids is 2. The summed E-state index contributed by atoms with van der Waals surface area (Å²) in [6, 6.07) is 17.2. The molecule has 0 saturated carbocycles. The van der Waals surface area contributed by atoms with Crippen molar-refractivity contribution < 1.29 is 24.2 Å². The molecule has 9 nitrogen and oxygen atoms in total. The Kier molecular flexibility index (Phi) is 7.45. The summed E-state index contributed by atoms with van der Waals surface area (Å²) in [7, 11) is 5.43. The van der Waals surface area contributed by atoms with E-state index in [0.717, 1.165) is 11.3 Å². The van der Waals surface area contributed by atoms with Gasteiger partial charge in [-0.2, -0.15) is 0 Å². The van der Waals surface area contributed by atoms with Crippen LogP contribution < -0.4 is 19.3 Å². The highest BCUT2D eigenvalue weighted by Gasteiger charge is 2.48. The number of aromatic nitrogens is 2. The second kappa shape index (κ2) is 11.0. The molecule has 1 atom stereocenters. The number of aliphatic hydroxyl groups is 1. The first kappa shape index (κ1) is 27.8. The molecule has 1 unspecified atom stereocenters. The SMILES string of the molecule is COc1ccc2nc(N3C(=O)C(=O)/C(=C(/O)c4ccc(OCC(C)C)c(C)c4)C3c3ccc(N(C)C)cc3)[nH]c2c1. The van der Waals surface area contributed by atoms with Crippen molar-refractivity contribution in [2.75, 3.05) is 37.6 Å². The summed E-state index contributed by atoms with van der Waals surface area (Å²) in [5.74, 6) is 0.0454. The van der Waals surface area contributed by atoms with Crippen LogP contribution >= 0.6 is 0 Å². The topological polar surface area (TPSA) is 108 Å². The van der Waals surface area contributed by atoms with E-state index in [2.05, 4.69) is 23.8 Å². The smallest absolute Gasteiger partial charge is 0.302 e. The summed E-state index contributed by atoms with van der Waals surface area (Å²) >= 11 is 0. The number of fused-ring (bicyclic) bond motifs is 1. The van der Waals surface area contributed by atoms with Crippen molar-refractivity contribution in [1.29, 1.82) is 0 Å².